The summed E-state index contributed by atoms with van der Waals surface area (Å²) in [6.45, 7) is 0. The van der Waals surface area contributed by atoms with Crippen LogP contribution in [0.2, 0.25) is 0 Å². The summed E-state index contributed by atoms with van der Waals surface area (Å²) >= 11 is 0. The van der Waals surface area contributed by atoms with Crippen LogP contribution in [0.1, 0.15) is 0 Å². The van der Waals surface area contributed by atoms with Crippen molar-refractivity contribution in [1.29, 1.82) is 0 Å². The Hall–Kier alpha value is -3.12. The highest BCUT2D eigenvalue weighted by molar-refractivity contribution is 5.77. The lowest BCUT2D eigenvalue weighted by molar-refractivity contribution is -0.446. The van der Waals surface area contributed by atoms with Gasteiger partial charge in [0.15, 0.2) is 11.0 Å². The minimum Gasteiger partial charge on any atom is -0.370 e. The Morgan fingerprint density at radius 2 is 2.06 bits per heavy atom. The van der Waals surface area contributed by atoms with Crippen molar-refractivity contribution in [2.45, 2.75) is 0 Å². The molecule has 2 aromatic heterocycles. The minimum absolute atomic E-state index is 0.0381. The zero-order valence-corrected chi connectivity index (χ0v) is 8.05. The quantitative estimate of drug-likeness (QED) is 0.222. The van der Waals surface area contributed by atoms with Crippen LogP contribution in [0.5, 0.6) is 0 Å². The molecule has 2 heterocycles. The fraction of sp³-hybridized carbons (Fsp3) is 0. The van der Waals surface area contributed by atoms with Crippen molar-refractivity contribution in [3.8, 4) is 0 Å². The lowest BCUT2D eigenvalue weighted by atomic mass is 10.9. The van der Waals surface area contributed by atoms with Crippen LogP contribution in [0, 0.1) is 10.1 Å². The normalized spacial score (nSPS) is 10.1. The second-order valence-corrected chi connectivity index (χ2v) is 2.64. The molecular formula is C4H5N11O2. The summed E-state index contributed by atoms with van der Waals surface area (Å²) < 4.78 is 0.942. The summed E-state index contributed by atoms with van der Waals surface area (Å²) in [5.74, 6) is -0.734. The topological polar surface area (TPSA) is 188 Å². The van der Waals surface area contributed by atoms with Gasteiger partial charge in [0, 0.05) is 0 Å². The first-order valence-corrected chi connectivity index (χ1v) is 4.03. The zero-order valence-electron chi connectivity index (χ0n) is 8.05. The smallest absolute Gasteiger partial charge is 0.308 e. The summed E-state index contributed by atoms with van der Waals surface area (Å²) in [6, 6.07) is 0. The summed E-state index contributed by atoms with van der Waals surface area (Å²) in [5.41, 5.74) is 12.0. The number of hydrogen-bond donors (Lipinski definition) is 3. The molecule has 5 N–H and O–H groups in total. The molecule has 2 aromatic rings. The number of nitro groups is 1. The first-order chi connectivity index (χ1) is 8.06. The maximum atomic E-state index is 10.3. The van der Waals surface area contributed by atoms with Gasteiger partial charge in [-0.2, -0.15) is 9.51 Å². The van der Waals surface area contributed by atoms with Gasteiger partial charge in [-0.3, -0.25) is 0 Å². The van der Waals surface area contributed by atoms with Crippen molar-refractivity contribution in [1.82, 2.24) is 30.0 Å². The molecule has 13 heteroatoms. The van der Waals surface area contributed by atoms with Gasteiger partial charge in [-0.25, -0.2) is 10.1 Å². The summed E-state index contributed by atoms with van der Waals surface area (Å²) in [4.78, 5) is 13.8. The van der Waals surface area contributed by atoms with E-state index in [0.29, 0.717) is 0 Å². The molecule has 0 saturated heterocycles. The predicted octanol–water partition coefficient (Wildman–Crippen LogP) is -2.58. The van der Waals surface area contributed by atoms with Gasteiger partial charge in [0.05, 0.1) is 0 Å². The number of fused-ring (bicyclic) bond motifs is 1. The van der Waals surface area contributed by atoms with Gasteiger partial charge >= 0.3 is 5.95 Å². The molecule has 2 rings (SSSR count). The van der Waals surface area contributed by atoms with Crippen molar-refractivity contribution in [3.05, 3.63) is 10.1 Å². The number of rotatable bonds is 3. The maximum absolute atomic E-state index is 10.3. The van der Waals surface area contributed by atoms with Gasteiger partial charge in [0.1, 0.15) is 0 Å². The van der Waals surface area contributed by atoms with E-state index in [-0.39, 0.29) is 23.6 Å². The molecule has 0 atom stereocenters. The number of anilines is 1. The fourth-order valence-electron chi connectivity index (χ4n) is 0.936. The third-order valence-corrected chi connectivity index (χ3v) is 1.46. The summed E-state index contributed by atoms with van der Waals surface area (Å²) in [5, 5.41) is 27.2. The van der Waals surface area contributed by atoms with Crippen LogP contribution >= 0.6 is 0 Å². The minimum atomic E-state index is -0.821. The second-order valence-electron chi connectivity index (χ2n) is 2.64. The number of nitrogens with zero attached hydrogens (tertiary/aromatic N) is 8. The van der Waals surface area contributed by atoms with Crippen molar-refractivity contribution < 1.29 is 5.03 Å². The average molecular weight is 239 g/mol. The number of hydrogen-bond acceptors (Lipinski definition) is 8. The monoisotopic (exact) mass is 239 g/mol. The second kappa shape index (κ2) is 3.80. The van der Waals surface area contributed by atoms with E-state index in [1.165, 1.54) is 0 Å². The molecule has 0 amide bonds. The first-order valence-electron chi connectivity index (χ1n) is 4.03. The van der Waals surface area contributed by atoms with E-state index in [1.807, 2.05) is 0 Å². The lowest BCUT2D eigenvalue weighted by Crippen LogP contribution is -2.22. The van der Waals surface area contributed by atoms with Crippen LogP contribution in [0.15, 0.2) is 4.99 Å². The number of guanidine groups is 1. The molecule has 0 aliphatic heterocycles. The summed E-state index contributed by atoms with van der Waals surface area (Å²) in [7, 11) is 0. The van der Waals surface area contributed by atoms with Gasteiger partial charge in [0.25, 0.3) is 11.7 Å². The van der Waals surface area contributed by atoms with Gasteiger partial charge in [-0.15, -0.1) is 25.5 Å². The largest absolute Gasteiger partial charge is 0.370 e. The molecule has 0 unspecified atom stereocenters. The van der Waals surface area contributed by atoms with E-state index >= 15 is 0 Å². The van der Waals surface area contributed by atoms with Gasteiger partial charge in [-0.05, 0) is 0 Å². The number of nitrogens with two attached hydrogens (primary N) is 2. The molecule has 17 heavy (non-hydrogen) atoms. The van der Waals surface area contributed by atoms with E-state index in [1.54, 1.807) is 5.43 Å². The Morgan fingerprint density at radius 3 is 2.71 bits per heavy atom. The molecule has 0 aliphatic carbocycles. The predicted molar refractivity (Wildman–Crippen MR) is 52.5 cm³/mol. The Kier molecular flexibility index (Phi) is 2.32. The van der Waals surface area contributed by atoms with Gasteiger partial charge in [-0.1, -0.05) is 5.43 Å². The van der Waals surface area contributed by atoms with E-state index in [4.69, 9.17) is 11.5 Å². The van der Waals surface area contributed by atoms with E-state index in [0.717, 1.165) is 4.52 Å². The van der Waals surface area contributed by atoms with Crippen LogP contribution in [0.3, 0.4) is 0 Å². The molecule has 0 fully saturated rings. The Labute approximate surface area is 91.7 Å². The van der Waals surface area contributed by atoms with Crippen molar-refractivity contribution in [2.75, 3.05) is 5.43 Å². The fourth-order valence-corrected chi connectivity index (χ4v) is 0.936. The molecule has 0 aromatic carbocycles. The van der Waals surface area contributed by atoms with Crippen LogP contribution in [-0.4, -0.2) is 41.0 Å². The highest BCUT2D eigenvalue weighted by atomic mass is 16.7. The summed E-state index contributed by atoms with van der Waals surface area (Å²) in [6.07, 6.45) is 0. The van der Waals surface area contributed by atoms with Gasteiger partial charge < -0.3 is 11.5 Å². The molecule has 13 nitrogen and oxygen atoms in total. The van der Waals surface area contributed by atoms with Crippen LogP contribution < -0.4 is 16.9 Å². The lowest BCUT2D eigenvalue weighted by Gasteiger charge is -1.95. The molecule has 0 aliphatic rings. The van der Waals surface area contributed by atoms with E-state index in [2.05, 4.69) is 30.5 Å². The molecule has 88 valence electrons. The molecule has 0 bridgehead atoms. The van der Waals surface area contributed by atoms with E-state index in [9.17, 15) is 10.1 Å². The molecule has 0 radical (unpaired) electrons. The van der Waals surface area contributed by atoms with Crippen LogP contribution in [0.4, 0.5) is 11.9 Å². The average Bonchev–Trinajstić information content (AvgIpc) is 2.59. The SMILES string of the molecule is NC(N)=Nc1nnc2nnc(N[N+](=O)[O-])n2n1. The Bertz CT molecular complexity index is 597. The third-order valence-electron chi connectivity index (χ3n) is 1.46. The van der Waals surface area contributed by atoms with Crippen molar-refractivity contribution in [2.24, 2.45) is 16.5 Å². The molecule has 0 saturated carbocycles. The highest BCUT2D eigenvalue weighted by Crippen LogP contribution is 2.06. The zero-order chi connectivity index (χ0) is 12.4. The van der Waals surface area contributed by atoms with Crippen LogP contribution in [0.25, 0.3) is 5.78 Å². The Morgan fingerprint density at radius 1 is 1.35 bits per heavy atom. The number of nitrogens with one attached hydrogen (secondary N) is 1. The van der Waals surface area contributed by atoms with Crippen LogP contribution in [-0.2, 0) is 0 Å². The van der Waals surface area contributed by atoms with E-state index < -0.39 is 5.03 Å². The number of aromatic nitrogens is 6. The standard InChI is InChI=1S/C4H5N11O2/c5-1(6)7-2-8-9-3-10-11-4(13-15(16)17)14(3)12-2/h(H,11,13)(H4,5,6,7,12). The third kappa shape index (κ3) is 2.11. The maximum Gasteiger partial charge on any atom is 0.308 e. The van der Waals surface area contributed by atoms with Crippen molar-refractivity contribution in [3.63, 3.8) is 0 Å². The van der Waals surface area contributed by atoms with Gasteiger partial charge in [0.2, 0.25) is 0 Å². The first kappa shape index (κ1) is 10.4. The number of hydrazine groups is 1. The Balaban J connectivity index is 2.50. The number of aliphatic imine (C=N–C) groups is 1. The molecule has 0 spiro atoms. The molecular weight excluding hydrogens is 234 g/mol. The highest BCUT2D eigenvalue weighted by Gasteiger charge is 2.13. The van der Waals surface area contributed by atoms with Crippen molar-refractivity contribution >= 4 is 23.6 Å².